The van der Waals surface area contributed by atoms with Crippen molar-refractivity contribution in [3.8, 4) is 0 Å². The van der Waals surface area contributed by atoms with Gasteiger partial charge in [-0.25, -0.2) is 0 Å². The van der Waals surface area contributed by atoms with Crippen LogP contribution in [0.3, 0.4) is 0 Å². The minimum atomic E-state index is -1.01. The molecule has 0 radical (unpaired) electrons. The fourth-order valence-corrected chi connectivity index (χ4v) is 7.20. The minimum Gasteiger partial charge on any atom is -0.468 e. The van der Waals surface area contributed by atoms with Crippen LogP contribution in [0.15, 0.2) is 42.5 Å². The number of hydrogen-bond donors (Lipinski definition) is 2. The Balaban J connectivity index is 1.49. The molecule has 1 heterocycles. The van der Waals surface area contributed by atoms with Gasteiger partial charge in [0.1, 0.15) is 5.78 Å². The highest BCUT2D eigenvalue weighted by molar-refractivity contribution is 8.01. The Hall–Kier alpha value is -1.32. The molecule has 1 aliphatic carbocycles. The molecule has 0 bridgehead atoms. The number of esters is 1. The number of fused-ring (bicyclic) bond motifs is 1. The smallest absolute Gasteiger partial charge is 0.315 e. The number of ketones is 1. The van der Waals surface area contributed by atoms with Crippen molar-refractivity contribution in [2.75, 3.05) is 24.4 Å². The fourth-order valence-electron chi connectivity index (χ4n) is 3.83. The number of aliphatic hydroxyl groups is 2. The van der Waals surface area contributed by atoms with Gasteiger partial charge in [-0.3, -0.25) is 9.59 Å². The summed E-state index contributed by atoms with van der Waals surface area (Å²) in [5.41, 5.74) is -1.01. The second kappa shape index (κ2) is 12.4. The van der Waals surface area contributed by atoms with Gasteiger partial charge in [-0.1, -0.05) is 30.4 Å². The van der Waals surface area contributed by atoms with Gasteiger partial charge >= 0.3 is 5.97 Å². The molecule has 0 aliphatic heterocycles. The van der Waals surface area contributed by atoms with Crippen LogP contribution in [-0.4, -0.2) is 63.3 Å². The van der Waals surface area contributed by atoms with E-state index in [-0.39, 0.29) is 29.3 Å². The Kier molecular flexibility index (Phi) is 9.88. The fraction of sp³-hybridized carbons (Fsp3) is 0.520. The number of carbonyl (C=O) groups is 2. The highest BCUT2D eigenvalue weighted by Crippen LogP contribution is 2.35. The van der Waals surface area contributed by atoms with Gasteiger partial charge < -0.3 is 14.9 Å². The summed E-state index contributed by atoms with van der Waals surface area (Å²) in [4.78, 5) is 24.8. The molecule has 0 amide bonds. The molecule has 2 aromatic rings. The number of ether oxygens (including phenoxy) is 1. The standard InChI is InChI=1S/C25H32O5S3/c1-25(29,10-8-18-14-17-6-3-4-7-22(17)33-18)11-9-19-20(26)15-21(27)24(19)32-13-5-12-31-16-23(28)30-2/h3-4,6-7,9,11,14,19-20,24,26,29H,5,8,10,12-13,15-16H2,1-2H3/b11-9+/t19-,20+,24+,25?/m0/s1. The van der Waals surface area contributed by atoms with Gasteiger partial charge in [0.25, 0.3) is 0 Å². The first-order chi connectivity index (χ1) is 15.8. The van der Waals surface area contributed by atoms with Crippen molar-refractivity contribution < 1.29 is 24.5 Å². The zero-order chi connectivity index (χ0) is 23.8. The molecule has 33 heavy (non-hydrogen) atoms. The molecule has 1 unspecified atom stereocenters. The van der Waals surface area contributed by atoms with Crippen molar-refractivity contribution in [1.29, 1.82) is 0 Å². The maximum atomic E-state index is 12.4. The molecule has 5 nitrogen and oxygen atoms in total. The number of Topliss-reactive ketones (excluding diaryl/α,β-unsaturated/α-hetero) is 1. The predicted octanol–water partition coefficient (Wildman–Crippen LogP) is 4.49. The Bertz CT molecular complexity index is 935. The molecule has 180 valence electrons. The quantitative estimate of drug-likeness (QED) is 0.248. The van der Waals surface area contributed by atoms with Gasteiger partial charge in [-0.05, 0) is 55.2 Å². The van der Waals surface area contributed by atoms with Crippen LogP contribution in [0.4, 0.5) is 0 Å². The van der Waals surface area contributed by atoms with Crippen molar-refractivity contribution in [3.63, 3.8) is 0 Å². The average Bonchev–Trinajstić information content (AvgIpc) is 3.32. The molecular weight excluding hydrogens is 476 g/mol. The number of thioether (sulfide) groups is 2. The molecule has 1 aliphatic rings. The lowest BCUT2D eigenvalue weighted by Gasteiger charge is -2.22. The molecule has 2 N–H and O–H groups in total. The van der Waals surface area contributed by atoms with E-state index in [1.54, 1.807) is 36.1 Å². The summed E-state index contributed by atoms with van der Waals surface area (Å²) in [6, 6.07) is 10.4. The van der Waals surface area contributed by atoms with E-state index < -0.39 is 11.7 Å². The second-order valence-electron chi connectivity index (χ2n) is 8.56. The maximum absolute atomic E-state index is 12.4. The van der Waals surface area contributed by atoms with Gasteiger partial charge in [-0.15, -0.1) is 23.1 Å². The SMILES string of the molecule is COC(=O)CSCCCS[C@H]1C(=O)C[C@@H](O)[C@@H]1/C=C/C(C)(O)CCc1cc2ccccc2s1. The molecule has 1 aromatic heterocycles. The third-order valence-electron chi connectivity index (χ3n) is 5.73. The second-order valence-corrected chi connectivity index (χ2v) is 12.1. The van der Waals surface area contributed by atoms with Crippen molar-refractivity contribution in [1.82, 2.24) is 0 Å². The van der Waals surface area contributed by atoms with E-state index in [9.17, 15) is 19.8 Å². The van der Waals surface area contributed by atoms with E-state index >= 15 is 0 Å². The van der Waals surface area contributed by atoms with Gasteiger partial charge in [-0.2, -0.15) is 11.8 Å². The summed E-state index contributed by atoms with van der Waals surface area (Å²) in [7, 11) is 1.38. The number of thiophene rings is 1. The summed E-state index contributed by atoms with van der Waals surface area (Å²) < 4.78 is 5.87. The van der Waals surface area contributed by atoms with Gasteiger partial charge in [0.15, 0.2) is 0 Å². The van der Waals surface area contributed by atoms with Crippen LogP contribution in [0.1, 0.15) is 31.1 Å². The van der Waals surface area contributed by atoms with E-state index in [1.807, 2.05) is 18.2 Å². The number of methoxy groups -OCH3 is 1. The third kappa shape index (κ3) is 7.86. The molecule has 3 rings (SSSR count). The largest absolute Gasteiger partial charge is 0.468 e. The van der Waals surface area contributed by atoms with Crippen LogP contribution in [0, 0.1) is 5.92 Å². The van der Waals surface area contributed by atoms with E-state index in [4.69, 9.17) is 0 Å². The highest BCUT2D eigenvalue weighted by atomic mass is 32.2. The third-order valence-corrected chi connectivity index (χ3v) is 9.38. The molecule has 8 heteroatoms. The highest BCUT2D eigenvalue weighted by Gasteiger charge is 2.40. The van der Waals surface area contributed by atoms with Crippen LogP contribution in [-0.2, 0) is 20.7 Å². The Morgan fingerprint density at radius 1 is 1.33 bits per heavy atom. The van der Waals surface area contributed by atoms with E-state index in [1.165, 1.54) is 33.8 Å². The molecular formula is C25H32O5S3. The van der Waals surface area contributed by atoms with Crippen LogP contribution in [0.2, 0.25) is 0 Å². The monoisotopic (exact) mass is 508 g/mol. The topological polar surface area (TPSA) is 83.8 Å². The number of benzene rings is 1. The first-order valence-corrected chi connectivity index (χ1v) is 14.2. The van der Waals surface area contributed by atoms with Crippen LogP contribution in [0.25, 0.3) is 10.1 Å². The lowest BCUT2D eigenvalue weighted by Crippen LogP contribution is -2.25. The summed E-state index contributed by atoms with van der Waals surface area (Å²) >= 11 is 4.83. The normalized spacial score (nSPS) is 22.8. The van der Waals surface area contributed by atoms with Gasteiger partial charge in [0, 0.05) is 21.9 Å². The number of carbonyl (C=O) groups excluding carboxylic acids is 2. The van der Waals surface area contributed by atoms with E-state index in [2.05, 4.69) is 22.9 Å². The summed E-state index contributed by atoms with van der Waals surface area (Å²) in [6.45, 7) is 1.78. The maximum Gasteiger partial charge on any atom is 0.315 e. The Labute approximate surface area is 208 Å². The van der Waals surface area contributed by atoms with Crippen LogP contribution < -0.4 is 0 Å². The predicted molar refractivity (Wildman–Crippen MR) is 139 cm³/mol. The molecule has 1 fully saturated rings. The van der Waals surface area contributed by atoms with Crippen LogP contribution >= 0.6 is 34.9 Å². The van der Waals surface area contributed by atoms with Crippen molar-refractivity contribution >= 4 is 56.7 Å². The first-order valence-electron chi connectivity index (χ1n) is 11.2. The van der Waals surface area contributed by atoms with Gasteiger partial charge in [0.05, 0.1) is 29.8 Å². The molecule has 0 saturated heterocycles. The summed E-state index contributed by atoms with van der Waals surface area (Å²) in [6.07, 6.45) is 5.25. The molecule has 1 aromatic carbocycles. The molecule has 4 atom stereocenters. The Morgan fingerprint density at radius 2 is 2.12 bits per heavy atom. The first kappa shape index (κ1) is 26.3. The number of rotatable bonds is 12. The summed E-state index contributed by atoms with van der Waals surface area (Å²) in [5, 5.41) is 22.2. The number of aryl methyl sites for hydroxylation is 1. The van der Waals surface area contributed by atoms with Gasteiger partial charge in [0.2, 0.25) is 0 Å². The van der Waals surface area contributed by atoms with Crippen LogP contribution in [0.5, 0.6) is 0 Å². The Morgan fingerprint density at radius 3 is 2.88 bits per heavy atom. The average molecular weight is 509 g/mol. The zero-order valence-electron chi connectivity index (χ0n) is 19.1. The lowest BCUT2D eigenvalue weighted by atomic mass is 9.95. The van der Waals surface area contributed by atoms with Crippen molar-refractivity contribution in [2.45, 2.75) is 49.6 Å². The number of aliphatic hydroxyl groups excluding tert-OH is 1. The minimum absolute atomic E-state index is 0.0642. The van der Waals surface area contributed by atoms with E-state index in [0.717, 1.165) is 24.3 Å². The van der Waals surface area contributed by atoms with Crippen molar-refractivity contribution in [2.24, 2.45) is 5.92 Å². The molecule has 0 spiro atoms. The van der Waals surface area contributed by atoms with Crippen molar-refractivity contribution in [3.05, 3.63) is 47.4 Å². The summed E-state index contributed by atoms with van der Waals surface area (Å²) in [5.74, 6) is 1.48. The zero-order valence-corrected chi connectivity index (χ0v) is 21.5. The molecule has 1 saturated carbocycles. The number of hydrogen-bond acceptors (Lipinski definition) is 8. The van der Waals surface area contributed by atoms with E-state index in [0.29, 0.717) is 12.2 Å². The lowest BCUT2D eigenvalue weighted by molar-refractivity contribution is -0.137.